The number of halogens is 1. The first kappa shape index (κ1) is 16.9. The fourth-order valence-electron chi connectivity index (χ4n) is 2.70. The van der Waals surface area contributed by atoms with Crippen LogP contribution < -0.4 is 14.8 Å². The predicted molar refractivity (Wildman–Crippen MR) is 101 cm³/mol. The van der Waals surface area contributed by atoms with Crippen molar-refractivity contribution in [1.82, 2.24) is 9.78 Å². The van der Waals surface area contributed by atoms with Crippen molar-refractivity contribution in [2.75, 3.05) is 18.5 Å². The number of fused-ring (bicyclic) bond motifs is 1. The normalized spacial score (nSPS) is 12.8. The van der Waals surface area contributed by atoms with E-state index in [1.165, 1.54) is 10.4 Å². The molecule has 8 heteroatoms. The third-order valence-electron chi connectivity index (χ3n) is 4.08. The van der Waals surface area contributed by atoms with Crippen molar-refractivity contribution in [3.05, 3.63) is 56.9 Å². The number of carbonyl (C=O) groups is 1. The Balaban J connectivity index is 1.55. The second-order valence-corrected chi connectivity index (χ2v) is 7.25. The molecule has 0 spiro atoms. The molecule has 0 unspecified atom stereocenters. The first-order valence-corrected chi connectivity index (χ1v) is 9.33. The third-order valence-corrected chi connectivity index (χ3v) is 5.37. The fraction of sp³-hybridized carbons (Fsp3) is 0.222. The van der Waals surface area contributed by atoms with Gasteiger partial charge in [-0.3, -0.25) is 4.79 Å². The molecular weight excluding hydrogens is 374 g/mol. The molecule has 0 bridgehead atoms. The number of nitrogens with one attached hydrogen (secondary N) is 1. The lowest BCUT2D eigenvalue weighted by molar-refractivity contribution is 0.102. The Hall–Kier alpha value is -2.51. The second-order valence-electron chi connectivity index (χ2n) is 5.84. The van der Waals surface area contributed by atoms with Gasteiger partial charge in [-0.25, -0.2) is 4.68 Å². The van der Waals surface area contributed by atoms with Gasteiger partial charge in [0.15, 0.2) is 11.5 Å². The van der Waals surface area contributed by atoms with Crippen LogP contribution in [0.3, 0.4) is 0 Å². The van der Waals surface area contributed by atoms with Crippen LogP contribution in [0.15, 0.2) is 35.8 Å². The largest absolute Gasteiger partial charge is 0.486 e. The maximum absolute atomic E-state index is 12.7. The van der Waals surface area contributed by atoms with Crippen LogP contribution in [0.1, 0.15) is 20.8 Å². The van der Waals surface area contributed by atoms with Gasteiger partial charge in [0.05, 0.1) is 17.8 Å². The topological polar surface area (TPSA) is 65.4 Å². The highest BCUT2D eigenvalue weighted by Crippen LogP contribution is 2.38. The summed E-state index contributed by atoms with van der Waals surface area (Å²) < 4.78 is 12.8. The molecule has 3 heterocycles. The summed E-state index contributed by atoms with van der Waals surface area (Å²) in [5.41, 5.74) is 1.61. The molecule has 0 radical (unpaired) electrons. The third kappa shape index (κ3) is 3.27. The highest BCUT2D eigenvalue weighted by Gasteiger charge is 2.20. The number of rotatable bonds is 4. The number of aromatic nitrogens is 2. The maximum atomic E-state index is 12.7. The average Bonchev–Trinajstić information content (AvgIpc) is 3.24. The van der Waals surface area contributed by atoms with Crippen LogP contribution >= 0.6 is 22.9 Å². The highest BCUT2D eigenvalue weighted by molar-refractivity contribution is 7.10. The van der Waals surface area contributed by atoms with Crippen LogP contribution in [0.2, 0.25) is 5.02 Å². The minimum Gasteiger partial charge on any atom is -0.486 e. The summed E-state index contributed by atoms with van der Waals surface area (Å²) in [5.74, 6) is 1.30. The van der Waals surface area contributed by atoms with Gasteiger partial charge in [-0.2, -0.15) is 5.10 Å². The molecule has 0 aliphatic carbocycles. The van der Waals surface area contributed by atoms with Gasteiger partial charge in [0.1, 0.15) is 19.0 Å². The van der Waals surface area contributed by atoms with Gasteiger partial charge in [0.2, 0.25) is 0 Å². The summed E-state index contributed by atoms with van der Waals surface area (Å²) in [4.78, 5) is 13.9. The van der Waals surface area contributed by atoms with E-state index >= 15 is 0 Å². The fourth-order valence-corrected chi connectivity index (χ4v) is 3.85. The van der Waals surface area contributed by atoms with Crippen molar-refractivity contribution < 1.29 is 14.3 Å². The van der Waals surface area contributed by atoms with Crippen LogP contribution in [0.4, 0.5) is 5.82 Å². The zero-order valence-corrected chi connectivity index (χ0v) is 15.6. The van der Waals surface area contributed by atoms with Crippen LogP contribution in [0, 0.1) is 6.92 Å². The SMILES string of the molecule is Cc1ccsc1Cn1nccc1NC(=O)c1cc(Cl)c2c(c1)OCCO2. The summed E-state index contributed by atoms with van der Waals surface area (Å²) in [6.07, 6.45) is 1.66. The van der Waals surface area contributed by atoms with Gasteiger partial charge in [-0.1, -0.05) is 11.6 Å². The molecule has 1 N–H and O–H groups in total. The number of anilines is 1. The van der Waals surface area contributed by atoms with E-state index in [9.17, 15) is 4.79 Å². The zero-order valence-electron chi connectivity index (χ0n) is 14.0. The molecule has 0 atom stereocenters. The van der Waals surface area contributed by atoms with Crippen molar-refractivity contribution in [1.29, 1.82) is 0 Å². The summed E-state index contributed by atoms with van der Waals surface area (Å²) in [7, 11) is 0. The monoisotopic (exact) mass is 389 g/mol. The first-order chi connectivity index (χ1) is 12.6. The molecule has 0 saturated heterocycles. The van der Waals surface area contributed by atoms with Crippen molar-refractivity contribution in [3.8, 4) is 11.5 Å². The van der Waals surface area contributed by atoms with Crippen molar-refractivity contribution in [3.63, 3.8) is 0 Å². The van der Waals surface area contributed by atoms with E-state index in [-0.39, 0.29) is 5.91 Å². The maximum Gasteiger partial charge on any atom is 0.257 e. The summed E-state index contributed by atoms with van der Waals surface area (Å²) >= 11 is 7.88. The van der Waals surface area contributed by atoms with Crippen molar-refractivity contribution in [2.24, 2.45) is 0 Å². The summed E-state index contributed by atoms with van der Waals surface area (Å²) in [6.45, 7) is 3.54. The molecule has 3 aromatic rings. The van der Waals surface area contributed by atoms with Gasteiger partial charge >= 0.3 is 0 Å². The van der Waals surface area contributed by atoms with Crippen LogP contribution in [0.25, 0.3) is 0 Å². The minimum atomic E-state index is -0.284. The molecular formula is C18H16ClN3O3S. The van der Waals surface area contributed by atoms with Crippen molar-refractivity contribution >= 4 is 34.7 Å². The Morgan fingerprint density at radius 3 is 3.00 bits per heavy atom. The lowest BCUT2D eigenvalue weighted by Gasteiger charge is -2.20. The van der Waals surface area contributed by atoms with E-state index in [2.05, 4.69) is 23.4 Å². The molecule has 1 amide bonds. The standard InChI is InChI=1S/C18H16ClN3O3S/c1-11-3-7-26-15(11)10-22-16(2-4-20-22)21-18(23)12-8-13(19)17-14(9-12)24-5-6-25-17/h2-4,7-9H,5-6,10H2,1H3,(H,21,23). The molecule has 6 nitrogen and oxygen atoms in total. The van der Waals surface area contributed by atoms with E-state index in [0.29, 0.717) is 47.7 Å². The molecule has 134 valence electrons. The number of nitrogens with zero attached hydrogens (tertiary/aromatic N) is 2. The lowest BCUT2D eigenvalue weighted by Crippen LogP contribution is -2.19. The van der Waals surface area contributed by atoms with Gasteiger partial charge in [0.25, 0.3) is 5.91 Å². The van der Waals surface area contributed by atoms with Crippen LogP contribution in [-0.2, 0) is 6.54 Å². The number of thiophene rings is 1. The molecule has 0 saturated carbocycles. The van der Waals surface area contributed by atoms with E-state index in [1.54, 1.807) is 40.4 Å². The Kier molecular flexibility index (Phi) is 4.57. The van der Waals surface area contributed by atoms with E-state index in [4.69, 9.17) is 21.1 Å². The van der Waals surface area contributed by atoms with Gasteiger partial charge in [0, 0.05) is 16.5 Å². The van der Waals surface area contributed by atoms with E-state index in [1.807, 2.05) is 5.38 Å². The van der Waals surface area contributed by atoms with E-state index < -0.39 is 0 Å². The Bertz CT molecular complexity index is 966. The van der Waals surface area contributed by atoms with Gasteiger partial charge < -0.3 is 14.8 Å². The number of ether oxygens (including phenoxy) is 2. The van der Waals surface area contributed by atoms with E-state index in [0.717, 1.165) is 0 Å². The number of carbonyl (C=O) groups excluding carboxylic acids is 1. The van der Waals surface area contributed by atoms with Crippen LogP contribution in [-0.4, -0.2) is 28.9 Å². The summed E-state index contributed by atoms with van der Waals surface area (Å²) in [6, 6.07) is 7.05. The van der Waals surface area contributed by atoms with Crippen LogP contribution in [0.5, 0.6) is 11.5 Å². The minimum absolute atomic E-state index is 0.284. The Morgan fingerprint density at radius 2 is 2.19 bits per heavy atom. The number of hydrogen-bond donors (Lipinski definition) is 1. The molecule has 26 heavy (non-hydrogen) atoms. The quantitative estimate of drug-likeness (QED) is 0.733. The molecule has 4 rings (SSSR count). The lowest BCUT2D eigenvalue weighted by atomic mass is 10.1. The molecule has 0 fully saturated rings. The van der Waals surface area contributed by atoms with Crippen molar-refractivity contribution in [2.45, 2.75) is 13.5 Å². The number of benzene rings is 1. The smallest absolute Gasteiger partial charge is 0.257 e. The first-order valence-electron chi connectivity index (χ1n) is 8.07. The molecule has 2 aromatic heterocycles. The Morgan fingerprint density at radius 1 is 1.35 bits per heavy atom. The van der Waals surface area contributed by atoms with Gasteiger partial charge in [-0.05, 0) is 36.1 Å². The highest BCUT2D eigenvalue weighted by atomic mass is 35.5. The molecule has 1 aliphatic rings. The molecule has 1 aromatic carbocycles. The predicted octanol–water partition coefficient (Wildman–Crippen LogP) is 3.98. The average molecular weight is 390 g/mol. The second kappa shape index (κ2) is 7.01. The molecule has 1 aliphatic heterocycles. The number of hydrogen-bond acceptors (Lipinski definition) is 5. The number of amides is 1. The Labute approximate surface area is 159 Å². The zero-order chi connectivity index (χ0) is 18.1. The summed E-state index contributed by atoms with van der Waals surface area (Å²) in [5, 5.41) is 9.59. The number of aryl methyl sites for hydroxylation is 1. The van der Waals surface area contributed by atoms with Gasteiger partial charge in [-0.15, -0.1) is 11.3 Å².